The Morgan fingerprint density at radius 2 is 1.85 bits per heavy atom. The number of esters is 1. The van der Waals surface area contributed by atoms with Gasteiger partial charge in [-0.2, -0.15) is 0 Å². The van der Waals surface area contributed by atoms with Crippen LogP contribution in [-0.2, 0) is 19.1 Å². The number of carboxylic acids is 1. The lowest BCUT2D eigenvalue weighted by atomic mass is 9.90. The van der Waals surface area contributed by atoms with Gasteiger partial charge < -0.3 is 19.5 Å². The highest BCUT2D eigenvalue weighted by atomic mass is 16.6. The highest BCUT2D eigenvalue weighted by molar-refractivity contribution is 5.77. The predicted molar refractivity (Wildman–Crippen MR) is 93.7 cm³/mol. The molecule has 0 spiro atoms. The topological polar surface area (TPSA) is 96.4 Å². The number of piperidine rings is 1. The van der Waals surface area contributed by atoms with Crippen molar-refractivity contribution in [2.75, 3.05) is 26.2 Å². The number of ether oxygens (including phenoxy) is 2. The predicted octanol–water partition coefficient (Wildman–Crippen LogP) is 1.72. The van der Waals surface area contributed by atoms with E-state index in [1.807, 2.05) is 4.90 Å². The Balaban J connectivity index is 2.16. The maximum atomic E-state index is 12.5. The maximum absolute atomic E-state index is 12.5. The lowest BCUT2D eigenvalue weighted by Gasteiger charge is -2.42. The Kier molecular flexibility index (Phi) is 6.49. The van der Waals surface area contributed by atoms with Crippen LogP contribution in [0.3, 0.4) is 0 Å². The number of rotatable bonds is 4. The lowest BCUT2D eigenvalue weighted by molar-refractivity contribution is -0.156. The van der Waals surface area contributed by atoms with Crippen LogP contribution in [0.1, 0.15) is 47.0 Å². The third-order valence-electron chi connectivity index (χ3n) is 4.82. The van der Waals surface area contributed by atoms with Gasteiger partial charge in [-0.05, 0) is 53.5 Å². The van der Waals surface area contributed by atoms with Gasteiger partial charge in [-0.25, -0.2) is 4.79 Å². The second kappa shape index (κ2) is 8.24. The van der Waals surface area contributed by atoms with Crippen molar-refractivity contribution in [2.24, 2.45) is 5.92 Å². The normalized spacial score (nSPS) is 27.2. The van der Waals surface area contributed by atoms with E-state index < -0.39 is 29.6 Å². The van der Waals surface area contributed by atoms with Gasteiger partial charge in [-0.3, -0.25) is 14.5 Å². The van der Waals surface area contributed by atoms with Crippen LogP contribution < -0.4 is 0 Å². The molecule has 3 atom stereocenters. The number of carboxylic acid groups (broad SMARTS) is 1. The number of carbonyl (C=O) groups excluding carboxylic acids is 2. The fourth-order valence-electron chi connectivity index (χ4n) is 3.76. The van der Waals surface area contributed by atoms with E-state index in [0.29, 0.717) is 25.9 Å². The molecule has 0 aromatic rings. The summed E-state index contributed by atoms with van der Waals surface area (Å²) in [4.78, 5) is 39.9. The van der Waals surface area contributed by atoms with E-state index in [-0.39, 0.29) is 25.2 Å². The molecule has 26 heavy (non-hydrogen) atoms. The summed E-state index contributed by atoms with van der Waals surface area (Å²) < 4.78 is 10.6. The minimum atomic E-state index is -0.861. The molecule has 0 aromatic carbocycles. The number of hydrogen-bond acceptors (Lipinski definition) is 6. The molecule has 2 unspecified atom stereocenters. The van der Waals surface area contributed by atoms with Crippen molar-refractivity contribution in [3.8, 4) is 0 Å². The van der Waals surface area contributed by atoms with E-state index in [1.54, 1.807) is 27.7 Å². The number of amides is 1. The second-order valence-electron chi connectivity index (χ2n) is 7.88. The molecular weight excluding hydrogens is 340 g/mol. The third-order valence-corrected chi connectivity index (χ3v) is 4.82. The Hall–Kier alpha value is -1.83. The first kappa shape index (κ1) is 20.5. The van der Waals surface area contributed by atoms with Crippen LogP contribution in [0.2, 0.25) is 0 Å². The first-order valence-electron chi connectivity index (χ1n) is 9.27. The average molecular weight is 370 g/mol. The number of aliphatic carboxylic acids is 1. The fraction of sp³-hybridized carbons (Fsp3) is 0.833. The Labute approximate surface area is 154 Å². The smallest absolute Gasteiger partial charge is 0.410 e. The van der Waals surface area contributed by atoms with Crippen molar-refractivity contribution in [1.82, 2.24) is 9.80 Å². The third kappa shape index (κ3) is 4.87. The quantitative estimate of drug-likeness (QED) is 0.753. The van der Waals surface area contributed by atoms with Crippen molar-refractivity contribution in [3.63, 3.8) is 0 Å². The van der Waals surface area contributed by atoms with Gasteiger partial charge in [0.15, 0.2) is 0 Å². The van der Waals surface area contributed by atoms with Gasteiger partial charge in [-0.1, -0.05) is 0 Å². The van der Waals surface area contributed by atoms with Crippen LogP contribution in [0.25, 0.3) is 0 Å². The van der Waals surface area contributed by atoms with E-state index in [4.69, 9.17) is 9.47 Å². The number of likely N-dealkylation sites (tertiary alicyclic amines) is 2. The Morgan fingerprint density at radius 3 is 2.42 bits per heavy atom. The summed E-state index contributed by atoms with van der Waals surface area (Å²) >= 11 is 0. The van der Waals surface area contributed by atoms with Crippen LogP contribution in [0.5, 0.6) is 0 Å². The largest absolute Gasteiger partial charge is 0.480 e. The lowest BCUT2D eigenvalue weighted by Crippen LogP contribution is -2.57. The molecule has 8 heteroatoms. The molecule has 2 rings (SSSR count). The summed E-state index contributed by atoms with van der Waals surface area (Å²) in [5.74, 6) is -1.82. The average Bonchev–Trinajstić information content (AvgIpc) is 3.02. The van der Waals surface area contributed by atoms with Gasteiger partial charge in [0, 0.05) is 19.1 Å². The van der Waals surface area contributed by atoms with Crippen molar-refractivity contribution in [2.45, 2.75) is 64.6 Å². The van der Waals surface area contributed by atoms with E-state index in [0.717, 1.165) is 6.42 Å². The zero-order chi connectivity index (χ0) is 19.5. The molecule has 148 valence electrons. The minimum Gasteiger partial charge on any atom is -0.480 e. The van der Waals surface area contributed by atoms with Crippen molar-refractivity contribution < 1.29 is 29.0 Å². The van der Waals surface area contributed by atoms with E-state index in [1.165, 1.54) is 4.90 Å². The fourth-order valence-corrected chi connectivity index (χ4v) is 3.76. The van der Waals surface area contributed by atoms with E-state index in [9.17, 15) is 19.5 Å². The number of nitrogens with zero attached hydrogens (tertiary/aromatic N) is 2. The van der Waals surface area contributed by atoms with Crippen LogP contribution in [0.4, 0.5) is 4.79 Å². The highest BCUT2D eigenvalue weighted by Gasteiger charge is 2.45. The van der Waals surface area contributed by atoms with Crippen LogP contribution in [-0.4, -0.2) is 76.9 Å². The maximum Gasteiger partial charge on any atom is 0.410 e. The van der Waals surface area contributed by atoms with Crippen molar-refractivity contribution >= 4 is 18.0 Å². The zero-order valence-electron chi connectivity index (χ0n) is 16.1. The first-order valence-corrected chi connectivity index (χ1v) is 9.27. The summed E-state index contributed by atoms with van der Waals surface area (Å²) in [6, 6.07) is -0.818. The van der Waals surface area contributed by atoms with Crippen LogP contribution >= 0.6 is 0 Å². The molecule has 0 aromatic heterocycles. The summed E-state index contributed by atoms with van der Waals surface area (Å²) in [6.45, 7) is 8.62. The van der Waals surface area contributed by atoms with E-state index >= 15 is 0 Å². The molecular formula is C18H30N2O6. The van der Waals surface area contributed by atoms with Gasteiger partial charge in [0.2, 0.25) is 0 Å². The molecule has 2 aliphatic rings. The molecule has 0 aliphatic carbocycles. The van der Waals surface area contributed by atoms with Crippen molar-refractivity contribution in [3.05, 3.63) is 0 Å². The van der Waals surface area contributed by atoms with Gasteiger partial charge in [0.25, 0.3) is 0 Å². The summed E-state index contributed by atoms with van der Waals surface area (Å²) in [5, 5.41) is 9.47. The molecule has 0 radical (unpaired) electrons. The summed E-state index contributed by atoms with van der Waals surface area (Å²) in [6.07, 6.45) is 1.43. The standard InChI is InChI=1S/C18H30N2O6/c1-5-25-16(23)12-11-19(17(24)26-18(2,3)4)10-8-13(12)20-9-6-7-14(20)15(21)22/h12-14H,5-11H2,1-4H3,(H,21,22)/t12?,13?,14-/m0/s1. The molecule has 1 amide bonds. The molecule has 0 saturated carbocycles. The monoisotopic (exact) mass is 370 g/mol. The van der Waals surface area contributed by atoms with Gasteiger partial charge >= 0.3 is 18.0 Å². The molecule has 2 saturated heterocycles. The second-order valence-corrected chi connectivity index (χ2v) is 7.88. The minimum absolute atomic E-state index is 0.182. The van der Waals surface area contributed by atoms with E-state index in [2.05, 4.69) is 0 Å². The summed E-state index contributed by atoms with van der Waals surface area (Å²) in [5.41, 5.74) is -0.614. The molecule has 2 aliphatic heterocycles. The van der Waals surface area contributed by atoms with Gasteiger partial charge in [0.05, 0.1) is 12.5 Å². The zero-order valence-corrected chi connectivity index (χ0v) is 16.1. The first-order chi connectivity index (χ1) is 12.1. The van der Waals surface area contributed by atoms with Gasteiger partial charge in [0.1, 0.15) is 11.6 Å². The summed E-state index contributed by atoms with van der Waals surface area (Å²) in [7, 11) is 0. The molecule has 2 heterocycles. The molecule has 1 N–H and O–H groups in total. The van der Waals surface area contributed by atoms with Crippen molar-refractivity contribution in [1.29, 1.82) is 0 Å². The van der Waals surface area contributed by atoms with Crippen LogP contribution in [0, 0.1) is 5.92 Å². The SMILES string of the molecule is CCOC(=O)C1CN(C(=O)OC(C)(C)C)CCC1N1CCC[C@H]1C(=O)O. The number of carbonyl (C=O) groups is 3. The Bertz CT molecular complexity index is 544. The van der Waals surface area contributed by atoms with Gasteiger partial charge in [-0.15, -0.1) is 0 Å². The Morgan fingerprint density at radius 1 is 1.15 bits per heavy atom. The highest BCUT2D eigenvalue weighted by Crippen LogP contribution is 2.31. The molecule has 2 fully saturated rings. The number of hydrogen-bond donors (Lipinski definition) is 1. The molecule has 8 nitrogen and oxygen atoms in total. The molecule has 0 bridgehead atoms. The van der Waals surface area contributed by atoms with Crippen LogP contribution in [0.15, 0.2) is 0 Å².